The zero-order chi connectivity index (χ0) is 20.1. The first-order valence-electron chi connectivity index (χ1n) is 10.7. The van der Waals surface area contributed by atoms with Gasteiger partial charge in [0.05, 0.1) is 7.11 Å². The van der Waals surface area contributed by atoms with Crippen LogP contribution in [0.3, 0.4) is 0 Å². The van der Waals surface area contributed by atoms with E-state index in [9.17, 15) is 4.79 Å². The fourth-order valence-electron chi connectivity index (χ4n) is 4.34. The van der Waals surface area contributed by atoms with Crippen molar-refractivity contribution in [2.45, 2.75) is 57.4 Å². The lowest BCUT2D eigenvalue weighted by Crippen LogP contribution is -2.43. The molecular formula is C22H30N4O2S. The van der Waals surface area contributed by atoms with Crippen molar-refractivity contribution in [3.05, 3.63) is 39.8 Å². The maximum Gasteiger partial charge on any atom is 0.317 e. The molecule has 1 saturated carbocycles. The van der Waals surface area contributed by atoms with Crippen molar-refractivity contribution in [3.63, 3.8) is 0 Å². The minimum absolute atomic E-state index is 0.0125. The average molecular weight is 415 g/mol. The number of nitrogens with zero attached hydrogens (tertiary/aromatic N) is 3. The van der Waals surface area contributed by atoms with Gasteiger partial charge in [0.25, 0.3) is 0 Å². The summed E-state index contributed by atoms with van der Waals surface area (Å²) in [5.41, 5.74) is 1.07. The fourth-order valence-corrected chi connectivity index (χ4v) is 5.46. The Morgan fingerprint density at radius 2 is 1.86 bits per heavy atom. The molecule has 0 bridgehead atoms. The number of methoxy groups -OCH3 is 1. The first-order valence-corrected chi connectivity index (χ1v) is 11.5. The van der Waals surface area contributed by atoms with Gasteiger partial charge in [-0.2, -0.15) is 0 Å². The van der Waals surface area contributed by atoms with E-state index in [0.717, 1.165) is 54.6 Å². The molecule has 7 heteroatoms. The minimum atomic E-state index is 0.0125. The van der Waals surface area contributed by atoms with E-state index in [1.54, 1.807) is 18.4 Å². The fraction of sp³-hybridized carbons (Fsp3) is 0.591. The van der Waals surface area contributed by atoms with Crippen LogP contribution in [-0.4, -0.2) is 41.3 Å². The molecule has 2 heterocycles. The molecule has 1 aromatic carbocycles. The van der Waals surface area contributed by atoms with E-state index in [1.165, 1.54) is 30.7 Å². The lowest BCUT2D eigenvalue weighted by molar-refractivity contribution is 0.181. The predicted octanol–water partition coefficient (Wildman–Crippen LogP) is 4.37. The molecule has 2 aromatic rings. The van der Waals surface area contributed by atoms with Gasteiger partial charge in [-0.05, 0) is 36.5 Å². The van der Waals surface area contributed by atoms with Gasteiger partial charge in [-0.15, -0.1) is 21.5 Å². The minimum Gasteiger partial charge on any atom is -0.497 e. The van der Waals surface area contributed by atoms with Crippen molar-refractivity contribution in [1.82, 2.24) is 20.4 Å². The van der Waals surface area contributed by atoms with E-state index in [2.05, 4.69) is 15.5 Å². The molecule has 2 fully saturated rings. The quantitative estimate of drug-likeness (QED) is 0.762. The van der Waals surface area contributed by atoms with Gasteiger partial charge < -0.3 is 15.0 Å². The molecule has 4 rings (SSSR count). The molecule has 0 atom stereocenters. The maximum absolute atomic E-state index is 12.5. The predicted molar refractivity (Wildman–Crippen MR) is 114 cm³/mol. The number of carbonyl (C=O) groups excluding carboxylic acids is 1. The highest BCUT2D eigenvalue weighted by atomic mass is 32.1. The zero-order valence-electron chi connectivity index (χ0n) is 17.1. The van der Waals surface area contributed by atoms with E-state index >= 15 is 0 Å². The summed E-state index contributed by atoms with van der Waals surface area (Å²) in [5.74, 6) is 2.08. The maximum atomic E-state index is 12.5. The molecule has 1 saturated heterocycles. The largest absolute Gasteiger partial charge is 0.497 e. The third kappa shape index (κ3) is 5.26. The molecule has 1 aliphatic heterocycles. The lowest BCUT2D eigenvalue weighted by atomic mass is 9.98. The molecule has 1 aliphatic carbocycles. The topological polar surface area (TPSA) is 67.3 Å². The normalized spacial score (nSPS) is 18.2. The smallest absolute Gasteiger partial charge is 0.317 e. The third-order valence-corrected chi connectivity index (χ3v) is 7.26. The van der Waals surface area contributed by atoms with Crippen LogP contribution in [0.2, 0.25) is 0 Å². The summed E-state index contributed by atoms with van der Waals surface area (Å²) >= 11 is 1.79. The number of benzene rings is 1. The van der Waals surface area contributed by atoms with Gasteiger partial charge in [-0.1, -0.05) is 37.8 Å². The van der Waals surface area contributed by atoms with Crippen LogP contribution in [0.25, 0.3) is 0 Å². The van der Waals surface area contributed by atoms with Crippen molar-refractivity contribution in [3.8, 4) is 5.75 Å². The molecule has 0 unspecified atom stereocenters. The van der Waals surface area contributed by atoms with Gasteiger partial charge in [-0.25, -0.2) is 4.79 Å². The lowest BCUT2D eigenvalue weighted by Gasteiger charge is -2.31. The van der Waals surface area contributed by atoms with E-state index in [0.29, 0.717) is 12.5 Å². The van der Waals surface area contributed by atoms with Gasteiger partial charge in [0.1, 0.15) is 15.8 Å². The average Bonchev–Trinajstić information content (AvgIpc) is 3.45. The number of aromatic nitrogens is 2. The van der Waals surface area contributed by atoms with Crippen LogP contribution in [0.1, 0.15) is 60.0 Å². The Bertz CT molecular complexity index is 793. The molecule has 6 nitrogen and oxygen atoms in total. The van der Waals surface area contributed by atoms with Gasteiger partial charge in [-0.3, -0.25) is 0 Å². The molecule has 0 spiro atoms. The second kappa shape index (κ2) is 9.57. The summed E-state index contributed by atoms with van der Waals surface area (Å²) in [5, 5.41) is 14.3. The first-order chi connectivity index (χ1) is 14.2. The molecule has 1 aromatic heterocycles. The number of ether oxygens (including phenoxy) is 1. The summed E-state index contributed by atoms with van der Waals surface area (Å²) < 4.78 is 5.17. The van der Waals surface area contributed by atoms with Gasteiger partial charge in [0.15, 0.2) is 0 Å². The van der Waals surface area contributed by atoms with Crippen LogP contribution in [0.4, 0.5) is 4.79 Å². The van der Waals surface area contributed by atoms with Crippen molar-refractivity contribution in [2.75, 3.05) is 20.2 Å². The van der Waals surface area contributed by atoms with Crippen LogP contribution >= 0.6 is 11.3 Å². The second-order valence-corrected chi connectivity index (χ2v) is 9.25. The third-order valence-electron chi connectivity index (χ3n) is 6.15. The van der Waals surface area contributed by atoms with Crippen molar-refractivity contribution in [2.24, 2.45) is 5.92 Å². The molecule has 2 amide bonds. The van der Waals surface area contributed by atoms with Crippen LogP contribution < -0.4 is 10.1 Å². The Kier molecular flexibility index (Phi) is 6.64. The standard InChI is InChI=1S/C22H30N4O2S/c1-28-19-8-6-17(7-9-19)15-23-22(27)26-12-10-18(11-13-26)21-25-24-20(29-21)14-16-4-2-3-5-16/h6-9,16,18H,2-5,10-15H2,1H3,(H,23,27). The molecule has 156 valence electrons. The SMILES string of the molecule is COc1ccc(CNC(=O)N2CCC(c3nnc(CC4CCCC4)s3)CC2)cc1. The van der Waals surface area contributed by atoms with Gasteiger partial charge in [0, 0.05) is 32.0 Å². The zero-order valence-corrected chi connectivity index (χ0v) is 17.9. The van der Waals surface area contributed by atoms with Gasteiger partial charge in [0.2, 0.25) is 0 Å². The molecular weight excluding hydrogens is 384 g/mol. The van der Waals surface area contributed by atoms with Crippen molar-refractivity contribution < 1.29 is 9.53 Å². The molecule has 0 radical (unpaired) electrons. The Labute approximate surface area is 176 Å². The van der Waals surface area contributed by atoms with Crippen LogP contribution in [0.5, 0.6) is 5.75 Å². The number of hydrogen-bond donors (Lipinski definition) is 1. The Morgan fingerprint density at radius 3 is 2.55 bits per heavy atom. The Hall–Kier alpha value is -2.15. The number of carbonyl (C=O) groups is 1. The van der Waals surface area contributed by atoms with Crippen molar-refractivity contribution >= 4 is 17.4 Å². The number of nitrogens with one attached hydrogen (secondary N) is 1. The van der Waals surface area contributed by atoms with E-state index < -0.39 is 0 Å². The number of urea groups is 1. The van der Waals surface area contributed by atoms with Crippen LogP contribution in [0.15, 0.2) is 24.3 Å². The second-order valence-electron chi connectivity index (χ2n) is 8.16. The summed E-state index contributed by atoms with van der Waals surface area (Å²) in [4.78, 5) is 14.4. The van der Waals surface area contributed by atoms with Gasteiger partial charge >= 0.3 is 6.03 Å². The van der Waals surface area contributed by atoms with E-state index in [4.69, 9.17) is 4.74 Å². The highest BCUT2D eigenvalue weighted by molar-refractivity contribution is 7.11. The first kappa shape index (κ1) is 20.1. The monoisotopic (exact) mass is 414 g/mol. The summed E-state index contributed by atoms with van der Waals surface area (Å²) in [6, 6.07) is 7.79. The number of rotatable bonds is 6. The number of piperidine rings is 1. The number of amides is 2. The summed E-state index contributed by atoms with van der Waals surface area (Å²) in [7, 11) is 1.65. The number of hydrogen-bond acceptors (Lipinski definition) is 5. The highest BCUT2D eigenvalue weighted by Crippen LogP contribution is 2.33. The highest BCUT2D eigenvalue weighted by Gasteiger charge is 2.26. The molecule has 29 heavy (non-hydrogen) atoms. The molecule has 2 aliphatic rings. The van der Waals surface area contributed by atoms with Crippen LogP contribution in [-0.2, 0) is 13.0 Å². The Morgan fingerprint density at radius 1 is 1.14 bits per heavy atom. The Balaban J connectivity index is 1.22. The molecule has 1 N–H and O–H groups in total. The summed E-state index contributed by atoms with van der Waals surface area (Å²) in [6.07, 6.45) is 8.47. The van der Waals surface area contributed by atoms with Crippen molar-refractivity contribution in [1.29, 1.82) is 0 Å². The summed E-state index contributed by atoms with van der Waals surface area (Å²) in [6.45, 7) is 2.08. The number of likely N-dealkylation sites (tertiary alicyclic amines) is 1. The van der Waals surface area contributed by atoms with E-state index in [-0.39, 0.29) is 6.03 Å². The van der Waals surface area contributed by atoms with Crippen LogP contribution in [0, 0.1) is 5.92 Å². The van der Waals surface area contributed by atoms with E-state index in [1.807, 2.05) is 29.2 Å².